The summed E-state index contributed by atoms with van der Waals surface area (Å²) < 4.78 is 0. The minimum absolute atomic E-state index is 0.359. The summed E-state index contributed by atoms with van der Waals surface area (Å²) in [4.78, 5) is 4.26. The van der Waals surface area contributed by atoms with E-state index in [-0.39, 0.29) is 0 Å². The Labute approximate surface area is 115 Å². The fraction of sp³-hybridized carbons (Fsp3) is 0.353. The second kappa shape index (κ2) is 5.98. The van der Waals surface area contributed by atoms with Crippen LogP contribution in [-0.2, 0) is 0 Å². The van der Waals surface area contributed by atoms with Crippen molar-refractivity contribution in [3.63, 3.8) is 0 Å². The Kier molecular flexibility index (Phi) is 4.33. The average molecular weight is 254 g/mol. The maximum absolute atomic E-state index is 4.26. The number of benzene rings is 1. The van der Waals surface area contributed by atoms with Crippen molar-refractivity contribution >= 4 is 0 Å². The van der Waals surface area contributed by atoms with Gasteiger partial charge in [0, 0.05) is 24.9 Å². The molecule has 0 aliphatic heterocycles. The monoisotopic (exact) mass is 254 g/mol. The molecular weight excluding hydrogens is 232 g/mol. The normalized spacial score (nSPS) is 12.4. The maximum atomic E-state index is 4.26. The Morgan fingerprint density at radius 2 is 1.84 bits per heavy atom. The minimum Gasteiger partial charge on any atom is -0.319 e. The van der Waals surface area contributed by atoms with Gasteiger partial charge in [-0.2, -0.15) is 0 Å². The molecule has 0 aliphatic rings. The first kappa shape index (κ1) is 13.8. The third-order valence-electron chi connectivity index (χ3n) is 3.75. The van der Waals surface area contributed by atoms with Gasteiger partial charge in [0.25, 0.3) is 0 Å². The van der Waals surface area contributed by atoms with Gasteiger partial charge in [-0.25, -0.2) is 0 Å². The molecule has 0 spiro atoms. The predicted octanol–water partition coefficient (Wildman–Crippen LogP) is 3.36. The van der Waals surface area contributed by atoms with E-state index in [9.17, 15) is 0 Å². The molecule has 1 heterocycles. The lowest BCUT2D eigenvalue weighted by Gasteiger charge is -2.21. The highest BCUT2D eigenvalue weighted by molar-refractivity contribution is 5.42. The summed E-state index contributed by atoms with van der Waals surface area (Å²) in [5.74, 6) is 0.359. The fourth-order valence-corrected chi connectivity index (χ4v) is 2.55. The molecule has 0 bridgehead atoms. The second-order valence-electron chi connectivity index (χ2n) is 5.19. The van der Waals surface area contributed by atoms with Gasteiger partial charge in [0.2, 0.25) is 0 Å². The molecule has 2 heteroatoms. The number of likely N-dealkylation sites (N-methyl/N-ethyl adjacent to an activating group) is 1. The Morgan fingerprint density at radius 1 is 1.11 bits per heavy atom. The van der Waals surface area contributed by atoms with Crippen LogP contribution in [0.25, 0.3) is 0 Å². The number of hydrogen-bond donors (Lipinski definition) is 1. The van der Waals surface area contributed by atoms with Crippen LogP contribution in [0.1, 0.15) is 33.7 Å². The van der Waals surface area contributed by atoms with Crippen molar-refractivity contribution in [2.45, 2.75) is 26.7 Å². The fourth-order valence-electron chi connectivity index (χ4n) is 2.55. The zero-order valence-electron chi connectivity index (χ0n) is 12.2. The third kappa shape index (κ3) is 3.02. The molecule has 19 heavy (non-hydrogen) atoms. The van der Waals surface area contributed by atoms with Gasteiger partial charge in [-0.05, 0) is 61.7 Å². The predicted molar refractivity (Wildman–Crippen MR) is 80.7 cm³/mol. The zero-order chi connectivity index (χ0) is 13.8. The molecular formula is C17H22N2. The van der Waals surface area contributed by atoms with Crippen LogP contribution in [-0.4, -0.2) is 18.6 Å². The molecule has 0 radical (unpaired) electrons. The molecule has 0 saturated heterocycles. The Bertz CT molecular complexity index is 547. The molecule has 0 saturated carbocycles. The van der Waals surface area contributed by atoms with Crippen molar-refractivity contribution in [1.82, 2.24) is 10.3 Å². The Morgan fingerprint density at radius 3 is 2.47 bits per heavy atom. The van der Waals surface area contributed by atoms with Crippen LogP contribution >= 0.6 is 0 Å². The summed E-state index contributed by atoms with van der Waals surface area (Å²) in [7, 11) is 2.00. The van der Waals surface area contributed by atoms with Gasteiger partial charge in [0.05, 0.1) is 0 Å². The largest absolute Gasteiger partial charge is 0.319 e. The molecule has 1 aromatic heterocycles. The van der Waals surface area contributed by atoms with Gasteiger partial charge in [0.1, 0.15) is 0 Å². The SMILES string of the molecule is CNCC(c1cccnc1)c1cc(C)c(C)cc1C. The van der Waals surface area contributed by atoms with Crippen molar-refractivity contribution in [3.8, 4) is 0 Å². The van der Waals surface area contributed by atoms with E-state index in [1.54, 1.807) is 0 Å². The van der Waals surface area contributed by atoms with Crippen LogP contribution in [0, 0.1) is 20.8 Å². The molecule has 100 valence electrons. The van der Waals surface area contributed by atoms with E-state index in [0.29, 0.717) is 5.92 Å². The van der Waals surface area contributed by atoms with Crippen LogP contribution in [0.3, 0.4) is 0 Å². The smallest absolute Gasteiger partial charge is 0.0306 e. The Balaban J connectivity index is 2.48. The van der Waals surface area contributed by atoms with Crippen molar-refractivity contribution in [2.24, 2.45) is 0 Å². The first-order valence-corrected chi connectivity index (χ1v) is 6.75. The maximum Gasteiger partial charge on any atom is 0.0306 e. The molecule has 0 aliphatic carbocycles. The van der Waals surface area contributed by atoms with Gasteiger partial charge >= 0.3 is 0 Å². The molecule has 2 aromatic rings. The molecule has 0 fully saturated rings. The van der Waals surface area contributed by atoms with E-state index in [0.717, 1.165) is 6.54 Å². The molecule has 1 aromatic carbocycles. The number of aromatic nitrogens is 1. The highest BCUT2D eigenvalue weighted by Gasteiger charge is 2.16. The lowest BCUT2D eigenvalue weighted by atomic mass is 9.87. The van der Waals surface area contributed by atoms with Crippen molar-refractivity contribution < 1.29 is 0 Å². The lowest BCUT2D eigenvalue weighted by Crippen LogP contribution is -2.19. The Hall–Kier alpha value is -1.67. The van der Waals surface area contributed by atoms with Crippen LogP contribution in [0.5, 0.6) is 0 Å². The topological polar surface area (TPSA) is 24.9 Å². The van der Waals surface area contributed by atoms with E-state index < -0.39 is 0 Å². The zero-order valence-corrected chi connectivity index (χ0v) is 12.2. The number of nitrogens with zero attached hydrogens (tertiary/aromatic N) is 1. The van der Waals surface area contributed by atoms with E-state index >= 15 is 0 Å². The van der Waals surface area contributed by atoms with Gasteiger partial charge < -0.3 is 5.32 Å². The number of pyridine rings is 1. The van der Waals surface area contributed by atoms with E-state index in [1.807, 2.05) is 25.5 Å². The van der Waals surface area contributed by atoms with E-state index in [4.69, 9.17) is 0 Å². The summed E-state index contributed by atoms with van der Waals surface area (Å²) in [5, 5.41) is 3.30. The summed E-state index contributed by atoms with van der Waals surface area (Å²) in [6.07, 6.45) is 3.80. The molecule has 0 amide bonds. The standard InChI is InChI=1S/C17H22N2/c1-12-8-14(3)16(9-13(12)2)17(11-18-4)15-6-5-7-19-10-15/h5-10,17-18H,11H2,1-4H3. The quantitative estimate of drug-likeness (QED) is 0.905. The lowest BCUT2D eigenvalue weighted by molar-refractivity contribution is 0.701. The highest BCUT2D eigenvalue weighted by atomic mass is 14.8. The van der Waals surface area contributed by atoms with Crippen LogP contribution in [0.15, 0.2) is 36.7 Å². The van der Waals surface area contributed by atoms with Crippen LogP contribution < -0.4 is 5.32 Å². The van der Waals surface area contributed by atoms with E-state index in [2.05, 4.69) is 49.3 Å². The van der Waals surface area contributed by atoms with Crippen molar-refractivity contribution in [3.05, 3.63) is 64.5 Å². The molecule has 1 N–H and O–H groups in total. The van der Waals surface area contributed by atoms with Crippen molar-refractivity contribution in [2.75, 3.05) is 13.6 Å². The number of rotatable bonds is 4. The van der Waals surface area contributed by atoms with Gasteiger partial charge in [-0.3, -0.25) is 4.98 Å². The number of nitrogens with one attached hydrogen (secondary N) is 1. The van der Waals surface area contributed by atoms with Gasteiger partial charge in [-0.15, -0.1) is 0 Å². The average Bonchev–Trinajstić information content (AvgIpc) is 2.42. The summed E-state index contributed by atoms with van der Waals surface area (Å²) in [6.45, 7) is 7.47. The molecule has 1 atom stereocenters. The molecule has 2 rings (SSSR count). The second-order valence-corrected chi connectivity index (χ2v) is 5.19. The first-order valence-electron chi connectivity index (χ1n) is 6.75. The summed E-state index contributed by atoms with van der Waals surface area (Å²) in [6, 6.07) is 8.77. The minimum atomic E-state index is 0.359. The van der Waals surface area contributed by atoms with Crippen molar-refractivity contribution in [1.29, 1.82) is 0 Å². The number of hydrogen-bond acceptors (Lipinski definition) is 2. The van der Waals surface area contributed by atoms with Crippen LogP contribution in [0.2, 0.25) is 0 Å². The van der Waals surface area contributed by atoms with Crippen LogP contribution in [0.4, 0.5) is 0 Å². The summed E-state index contributed by atoms with van der Waals surface area (Å²) in [5.41, 5.74) is 6.72. The van der Waals surface area contributed by atoms with E-state index in [1.165, 1.54) is 27.8 Å². The van der Waals surface area contributed by atoms with Gasteiger partial charge in [-0.1, -0.05) is 18.2 Å². The summed E-state index contributed by atoms with van der Waals surface area (Å²) >= 11 is 0. The van der Waals surface area contributed by atoms with Gasteiger partial charge in [0.15, 0.2) is 0 Å². The number of aryl methyl sites for hydroxylation is 3. The molecule has 1 unspecified atom stereocenters. The highest BCUT2D eigenvalue weighted by Crippen LogP contribution is 2.28. The molecule has 2 nitrogen and oxygen atoms in total. The third-order valence-corrected chi connectivity index (χ3v) is 3.75. The first-order chi connectivity index (χ1) is 9.13.